The standard InChI is InChI=1S/C17H17NO3S/c1-13-10-15(11-19)22-16(13)8-5-9-18-17(20)21-12-14-6-3-2-4-7-14/h2-8,10-11H,9,12H2,1H3,(H,18,20). The van der Waals surface area contributed by atoms with Crippen molar-refractivity contribution in [1.29, 1.82) is 0 Å². The number of thiophene rings is 1. The maximum absolute atomic E-state index is 11.5. The third-order valence-corrected chi connectivity index (χ3v) is 4.07. The van der Waals surface area contributed by atoms with Crippen LogP contribution in [0.2, 0.25) is 0 Å². The molecule has 1 amide bonds. The van der Waals surface area contributed by atoms with Crippen molar-refractivity contribution >= 4 is 29.8 Å². The highest BCUT2D eigenvalue weighted by atomic mass is 32.1. The van der Waals surface area contributed by atoms with Gasteiger partial charge in [0.25, 0.3) is 0 Å². The Kier molecular flexibility index (Phi) is 5.91. The van der Waals surface area contributed by atoms with Crippen molar-refractivity contribution in [1.82, 2.24) is 5.32 Å². The van der Waals surface area contributed by atoms with Crippen molar-refractivity contribution in [3.05, 3.63) is 63.4 Å². The van der Waals surface area contributed by atoms with Gasteiger partial charge in [0.15, 0.2) is 6.29 Å². The van der Waals surface area contributed by atoms with Crippen LogP contribution in [-0.4, -0.2) is 18.9 Å². The third kappa shape index (κ3) is 4.86. The molecule has 1 heterocycles. The summed E-state index contributed by atoms with van der Waals surface area (Å²) < 4.78 is 5.10. The predicted octanol–water partition coefficient (Wildman–Crippen LogP) is 3.81. The number of aryl methyl sites for hydroxylation is 1. The van der Waals surface area contributed by atoms with Crippen LogP contribution in [0, 0.1) is 6.92 Å². The fourth-order valence-corrected chi connectivity index (χ4v) is 2.75. The van der Waals surface area contributed by atoms with Crippen molar-refractivity contribution in [3.63, 3.8) is 0 Å². The molecule has 2 aromatic rings. The lowest BCUT2D eigenvalue weighted by Crippen LogP contribution is -2.24. The number of aldehydes is 1. The molecule has 0 unspecified atom stereocenters. The van der Waals surface area contributed by atoms with E-state index in [0.29, 0.717) is 11.4 Å². The van der Waals surface area contributed by atoms with Crippen LogP contribution in [0.5, 0.6) is 0 Å². The summed E-state index contributed by atoms with van der Waals surface area (Å²) in [5.41, 5.74) is 2.00. The first-order valence-corrected chi connectivity index (χ1v) is 7.67. The van der Waals surface area contributed by atoms with Crippen LogP contribution in [0.3, 0.4) is 0 Å². The predicted molar refractivity (Wildman–Crippen MR) is 88.1 cm³/mol. The van der Waals surface area contributed by atoms with Crippen molar-refractivity contribution < 1.29 is 14.3 Å². The van der Waals surface area contributed by atoms with Gasteiger partial charge in [0.2, 0.25) is 0 Å². The van der Waals surface area contributed by atoms with Crippen molar-refractivity contribution in [2.45, 2.75) is 13.5 Å². The van der Waals surface area contributed by atoms with Crippen molar-refractivity contribution in [2.75, 3.05) is 6.54 Å². The van der Waals surface area contributed by atoms with Gasteiger partial charge < -0.3 is 10.1 Å². The van der Waals surface area contributed by atoms with E-state index in [-0.39, 0.29) is 6.61 Å². The minimum atomic E-state index is -0.454. The summed E-state index contributed by atoms with van der Waals surface area (Å²) >= 11 is 1.43. The fourth-order valence-electron chi connectivity index (χ4n) is 1.83. The Bertz CT molecular complexity index is 662. The van der Waals surface area contributed by atoms with Crippen LogP contribution >= 0.6 is 11.3 Å². The lowest BCUT2D eigenvalue weighted by molar-refractivity contribution is 0.112. The van der Waals surface area contributed by atoms with Gasteiger partial charge in [-0.1, -0.05) is 36.4 Å². The number of ether oxygens (including phenoxy) is 1. The maximum Gasteiger partial charge on any atom is 0.407 e. The Morgan fingerprint density at radius 1 is 1.32 bits per heavy atom. The molecule has 1 aromatic carbocycles. The molecule has 4 nitrogen and oxygen atoms in total. The van der Waals surface area contributed by atoms with Gasteiger partial charge in [-0.05, 0) is 30.2 Å². The molecule has 0 atom stereocenters. The quantitative estimate of drug-likeness (QED) is 0.825. The van der Waals surface area contributed by atoms with E-state index in [0.717, 1.165) is 22.3 Å². The molecule has 0 fully saturated rings. The molecule has 0 aliphatic rings. The lowest BCUT2D eigenvalue weighted by atomic mass is 10.2. The number of amides is 1. The smallest absolute Gasteiger partial charge is 0.407 e. The van der Waals surface area contributed by atoms with E-state index in [9.17, 15) is 9.59 Å². The molecule has 0 bridgehead atoms. The molecule has 0 aliphatic heterocycles. The van der Waals surface area contributed by atoms with E-state index in [1.54, 1.807) is 0 Å². The first-order chi connectivity index (χ1) is 10.7. The Hall–Kier alpha value is -2.40. The Balaban J connectivity index is 1.73. The van der Waals surface area contributed by atoms with Gasteiger partial charge in [0.05, 0.1) is 4.88 Å². The Morgan fingerprint density at radius 3 is 2.77 bits per heavy atom. The van der Waals surface area contributed by atoms with E-state index in [4.69, 9.17) is 4.74 Å². The average Bonchev–Trinajstić information content (AvgIpc) is 2.91. The highest BCUT2D eigenvalue weighted by molar-refractivity contribution is 7.14. The molecular weight excluding hydrogens is 298 g/mol. The molecule has 0 radical (unpaired) electrons. The first kappa shape index (κ1) is 16.0. The van der Waals surface area contributed by atoms with E-state index in [2.05, 4.69) is 5.32 Å². The van der Waals surface area contributed by atoms with Gasteiger partial charge in [-0.2, -0.15) is 0 Å². The first-order valence-electron chi connectivity index (χ1n) is 6.85. The zero-order valence-corrected chi connectivity index (χ0v) is 13.1. The second-order valence-electron chi connectivity index (χ2n) is 4.66. The largest absolute Gasteiger partial charge is 0.445 e. The highest BCUT2D eigenvalue weighted by Gasteiger charge is 2.02. The van der Waals surface area contributed by atoms with Crippen LogP contribution in [0.4, 0.5) is 4.79 Å². The molecule has 1 aromatic heterocycles. The van der Waals surface area contributed by atoms with Crippen molar-refractivity contribution in [3.8, 4) is 0 Å². The molecule has 1 N–H and O–H groups in total. The summed E-state index contributed by atoms with van der Waals surface area (Å²) in [6.07, 6.45) is 4.11. The number of nitrogens with one attached hydrogen (secondary N) is 1. The van der Waals surface area contributed by atoms with E-state index in [1.807, 2.05) is 55.5 Å². The molecule has 0 aliphatic carbocycles. The minimum absolute atomic E-state index is 0.253. The number of carbonyl (C=O) groups excluding carboxylic acids is 2. The molecule has 22 heavy (non-hydrogen) atoms. The van der Waals surface area contributed by atoms with Gasteiger partial charge in [0.1, 0.15) is 6.61 Å². The number of hydrogen-bond donors (Lipinski definition) is 1. The highest BCUT2D eigenvalue weighted by Crippen LogP contribution is 2.21. The topological polar surface area (TPSA) is 55.4 Å². The number of hydrogen-bond acceptors (Lipinski definition) is 4. The Labute approximate surface area is 133 Å². The number of benzene rings is 1. The summed E-state index contributed by atoms with van der Waals surface area (Å²) in [5.74, 6) is 0. The van der Waals surface area contributed by atoms with Gasteiger partial charge in [-0.15, -0.1) is 11.3 Å². The molecule has 0 saturated heterocycles. The zero-order valence-electron chi connectivity index (χ0n) is 12.2. The van der Waals surface area contributed by atoms with Crippen molar-refractivity contribution in [2.24, 2.45) is 0 Å². The molecule has 0 saturated carbocycles. The minimum Gasteiger partial charge on any atom is -0.445 e. The third-order valence-electron chi connectivity index (χ3n) is 2.94. The zero-order chi connectivity index (χ0) is 15.8. The van der Waals surface area contributed by atoms with Crippen LogP contribution < -0.4 is 5.32 Å². The summed E-state index contributed by atoms with van der Waals surface area (Å²) in [4.78, 5) is 23.9. The normalized spacial score (nSPS) is 10.6. The second-order valence-corrected chi connectivity index (χ2v) is 5.77. The molecular formula is C17H17NO3S. The molecule has 2 rings (SSSR count). The molecule has 0 spiro atoms. The fraction of sp³-hybridized carbons (Fsp3) is 0.176. The van der Waals surface area contributed by atoms with Gasteiger partial charge in [0, 0.05) is 11.4 Å². The summed E-state index contributed by atoms with van der Waals surface area (Å²) in [6.45, 7) is 2.58. The lowest BCUT2D eigenvalue weighted by Gasteiger charge is -2.05. The summed E-state index contributed by atoms with van der Waals surface area (Å²) in [5, 5.41) is 2.65. The van der Waals surface area contributed by atoms with Gasteiger partial charge in [-0.25, -0.2) is 4.79 Å². The van der Waals surface area contributed by atoms with Gasteiger partial charge >= 0.3 is 6.09 Å². The second kappa shape index (κ2) is 8.14. The Morgan fingerprint density at radius 2 is 2.09 bits per heavy atom. The van der Waals surface area contributed by atoms with E-state index < -0.39 is 6.09 Å². The summed E-state index contributed by atoms with van der Waals surface area (Å²) in [7, 11) is 0. The number of alkyl carbamates (subject to hydrolysis) is 1. The summed E-state index contributed by atoms with van der Waals surface area (Å²) in [6, 6.07) is 11.4. The van der Waals surface area contributed by atoms with E-state index in [1.165, 1.54) is 11.3 Å². The molecule has 114 valence electrons. The SMILES string of the molecule is Cc1cc(C=O)sc1C=CCNC(=O)OCc1ccccc1. The van der Waals surface area contributed by atoms with Crippen LogP contribution in [0.15, 0.2) is 42.5 Å². The maximum atomic E-state index is 11.5. The van der Waals surface area contributed by atoms with Gasteiger partial charge in [-0.3, -0.25) is 4.79 Å². The van der Waals surface area contributed by atoms with Crippen LogP contribution in [-0.2, 0) is 11.3 Å². The number of rotatable bonds is 6. The van der Waals surface area contributed by atoms with Crippen LogP contribution in [0.25, 0.3) is 6.08 Å². The molecule has 5 heteroatoms. The van der Waals surface area contributed by atoms with Crippen LogP contribution in [0.1, 0.15) is 25.7 Å². The number of carbonyl (C=O) groups is 2. The van der Waals surface area contributed by atoms with E-state index >= 15 is 0 Å². The monoisotopic (exact) mass is 315 g/mol. The average molecular weight is 315 g/mol.